The lowest BCUT2D eigenvalue weighted by Crippen LogP contribution is -2.45. The molecular weight excluding hydrogens is 274 g/mol. The third kappa shape index (κ3) is 3.66. The molecule has 3 nitrogen and oxygen atoms in total. The molecule has 0 aliphatic heterocycles. The van der Waals surface area contributed by atoms with Gasteiger partial charge in [-0.25, -0.2) is 0 Å². The fourth-order valence-corrected chi connectivity index (χ4v) is 3.50. The maximum atomic E-state index is 11.2. The Balaban J connectivity index is 2.25. The molecule has 1 N–H and O–H groups in total. The molecule has 0 heterocycles. The van der Waals surface area contributed by atoms with E-state index >= 15 is 0 Å². The Morgan fingerprint density at radius 2 is 2.15 bits per heavy atom. The largest absolute Gasteiger partial charge is 0.480 e. The Morgan fingerprint density at radius 3 is 2.75 bits per heavy atom. The number of halogens is 1. The fourth-order valence-electron chi connectivity index (χ4n) is 3.31. The van der Waals surface area contributed by atoms with Crippen LogP contribution in [0.25, 0.3) is 0 Å². The van der Waals surface area contributed by atoms with Gasteiger partial charge in [0.25, 0.3) is 0 Å². The van der Waals surface area contributed by atoms with Crippen molar-refractivity contribution >= 4 is 23.3 Å². The lowest BCUT2D eigenvalue weighted by atomic mass is 9.79. The van der Waals surface area contributed by atoms with Gasteiger partial charge in [0.1, 0.15) is 6.54 Å². The van der Waals surface area contributed by atoms with E-state index in [-0.39, 0.29) is 12.6 Å². The molecule has 3 atom stereocenters. The summed E-state index contributed by atoms with van der Waals surface area (Å²) in [7, 11) is 0. The van der Waals surface area contributed by atoms with E-state index in [4.69, 9.17) is 11.6 Å². The van der Waals surface area contributed by atoms with Crippen LogP contribution in [0.15, 0.2) is 24.3 Å². The second-order valence-electron chi connectivity index (χ2n) is 5.96. The monoisotopic (exact) mass is 295 g/mol. The topological polar surface area (TPSA) is 40.5 Å². The molecular formula is C16H22ClNO2. The first-order chi connectivity index (χ1) is 9.47. The van der Waals surface area contributed by atoms with E-state index in [2.05, 4.69) is 13.8 Å². The number of carbonyl (C=O) groups is 1. The van der Waals surface area contributed by atoms with Crippen molar-refractivity contribution in [1.82, 2.24) is 0 Å². The number of hydrogen-bond acceptors (Lipinski definition) is 2. The summed E-state index contributed by atoms with van der Waals surface area (Å²) in [5.74, 6) is 0.431. The summed E-state index contributed by atoms with van der Waals surface area (Å²) >= 11 is 6.05. The summed E-state index contributed by atoms with van der Waals surface area (Å²) in [6, 6.07) is 7.77. The second-order valence-corrected chi connectivity index (χ2v) is 6.40. The first-order valence-electron chi connectivity index (χ1n) is 7.21. The number of aliphatic carboxylic acids is 1. The SMILES string of the molecule is CC1CCC(N(CC(=O)O)c2cccc(Cl)c2)C(C)C1. The Morgan fingerprint density at radius 1 is 1.40 bits per heavy atom. The van der Waals surface area contributed by atoms with Crippen LogP contribution in [-0.4, -0.2) is 23.7 Å². The zero-order valence-corrected chi connectivity index (χ0v) is 12.8. The van der Waals surface area contributed by atoms with Crippen LogP contribution in [0.4, 0.5) is 5.69 Å². The summed E-state index contributed by atoms with van der Waals surface area (Å²) in [5.41, 5.74) is 0.909. The van der Waals surface area contributed by atoms with Crippen LogP contribution in [0.3, 0.4) is 0 Å². The normalized spacial score (nSPS) is 26.2. The molecule has 0 saturated heterocycles. The number of carboxylic acid groups (broad SMARTS) is 1. The van der Waals surface area contributed by atoms with Crippen molar-refractivity contribution in [1.29, 1.82) is 0 Å². The van der Waals surface area contributed by atoms with Crippen molar-refractivity contribution in [2.75, 3.05) is 11.4 Å². The third-order valence-electron chi connectivity index (χ3n) is 4.23. The molecule has 1 aliphatic rings. The number of benzene rings is 1. The van der Waals surface area contributed by atoms with Crippen LogP contribution < -0.4 is 4.90 Å². The molecule has 1 aromatic rings. The quantitative estimate of drug-likeness (QED) is 0.911. The Bertz CT molecular complexity index is 477. The van der Waals surface area contributed by atoms with E-state index in [1.54, 1.807) is 0 Å². The van der Waals surface area contributed by atoms with Crippen LogP contribution in [-0.2, 0) is 4.79 Å². The van der Waals surface area contributed by atoms with Gasteiger partial charge in [0.05, 0.1) is 0 Å². The van der Waals surface area contributed by atoms with E-state index in [0.717, 1.165) is 30.9 Å². The van der Waals surface area contributed by atoms with Crippen molar-refractivity contribution < 1.29 is 9.90 Å². The van der Waals surface area contributed by atoms with Crippen LogP contribution in [0.5, 0.6) is 0 Å². The van der Waals surface area contributed by atoms with Crippen molar-refractivity contribution in [2.45, 2.75) is 39.2 Å². The van der Waals surface area contributed by atoms with Crippen LogP contribution in [0, 0.1) is 11.8 Å². The number of hydrogen-bond donors (Lipinski definition) is 1. The molecule has 110 valence electrons. The maximum absolute atomic E-state index is 11.2. The van der Waals surface area contributed by atoms with Gasteiger partial charge in [-0.15, -0.1) is 0 Å². The van der Waals surface area contributed by atoms with E-state index in [1.807, 2.05) is 29.2 Å². The zero-order valence-electron chi connectivity index (χ0n) is 12.1. The molecule has 1 fully saturated rings. The summed E-state index contributed by atoms with van der Waals surface area (Å²) in [6.07, 6.45) is 3.36. The van der Waals surface area contributed by atoms with E-state index in [1.165, 1.54) is 0 Å². The average molecular weight is 296 g/mol. The molecule has 4 heteroatoms. The zero-order chi connectivity index (χ0) is 14.7. The lowest BCUT2D eigenvalue weighted by molar-refractivity contribution is -0.135. The fraction of sp³-hybridized carbons (Fsp3) is 0.562. The van der Waals surface area contributed by atoms with Crippen LogP contribution in [0.1, 0.15) is 33.1 Å². The van der Waals surface area contributed by atoms with Gasteiger partial charge in [0, 0.05) is 16.8 Å². The highest BCUT2D eigenvalue weighted by Crippen LogP contribution is 2.34. The highest BCUT2D eigenvalue weighted by molar-refractivity contribution is 6.30. The highest BCUT2D eigenvalue weighted by atomic mass is 35.5. The van der Waals surface area contributed by atoms with E-state index < -0.39 is 5.97 Å². The molecule has 1 saturated carbocycles. The van der Waals surface area contributed by atoms with E-state index in [9.17, 15) is 9.90 Å². The molecule has 20 heavy (non-hydrogen) atoms. The minimum atomic E-state index is -0.796. The minimum absolute atomic E-state index is 0.0315. The van der Waals surface area contributed by atoms with E-state index in [0.29, 0.717) is 10.9 Å². The third-order valence-corrected chi connectivity index (χ3v) is 4.47. The summed E-state index contributed by atoms with van der Waals surface area (Å²) in [5, 5.41) is 9.86. The Hall–Kier alpha value is -1.22. The molecule has 0 spiro atoms. The van der Waals surface area contributed by atoms with Crippen molar-refractivity contribution in [3.05, 3.63) is 29.3 Å². The molecule has 0 amide bonds. The standard InChI is InChI=1S/C16H22ClNO2/c1-11-6-7-15(12(2)8-11)18(10-16(19)20)14-5-3-4-13(17)9-14/h3-5,9,11-12,15H,6-8,10H2,1-2H3,(H,19,20). The molecule has 0 radical (unpaired) electrons. The van der Waals surface area contributed by atoms with Crippen molar-refractivity contribution in [3.8, 4) is 0 Å². The molecule has 3 unspecified atom stereocenters. The van der Waals surface area contributed by atoms with Crippen LogP contribution >= 0.6 is 11.6 Å². The average Bonchev–Trinajstić information content (AvgIpc) is 2.36. The van der Waals surface area contributed by atoms with Crippen LogP contribution in [0.2, 0.25) is 5.02 Å². The molecule has 1 aliphatic carbocycles. The number of rotatable bonds is 4. The van der Waals surface area contributed by atoms with Gasteiger partial charge in [-0.05, 0) is 49.3 Å². The Labute approximate surface area is 125 Å². The first-order valence-corrected chi connectivity index (χ1v) is 7.59. The van der Waals surface area contributed by atoms with Gasteiger partial charge in [0.2, 0.25) is 0 Å². The first kappa shape index (κ1) is 15.2. The summed E-state index contributed by atoms with van der Waals surface area (Å²) in [6.45, 7) is 4.52. The van der Waals surface area contributed by atoms with Gasteiger partial charge in [-0.2, -0.15) is 0 Å². The van der Waals surface area contributed by atoms with Gasteiger partial charge in [-0.1, -0.05) is 31.5 Å². The van der Waals surface area contributed by atoms with Crippen molar-refractivity contribution in [3.63, 3.8) is 0 Å². The van der Waals surface area contributed by atoms with Gasteiger partial charge in [-0.3, -0.25) is 4.79 Å². The molecule has 0 aromatic heterocycles. The maximum Gasteiger partial charge on any atom is 0.323 e. The predicted molar refractivity (Wildman–Crippen MR) is 82.4 cm³/mol. The summed E-state index contributed by atoms with van der Waals surface area (Å²) < 4.78 is 0. The summed E-state index contributed by atoms with van der Waals surface area (Å²) in [4.78, 5) is 13.2. The minimum Gasteiger partial charge on any atom is -0.480 e. The van der Waals surface area contributed by atoms with Crippen molar-refractivity contribution in [2.24, 2.45) is 11.8 Å². The van der Waals surface area contributed by atoms with Gasteiger partial charge >= 0.3 is 5.97 Å². The van der Waals surface area contributed by atoms with Gasteiger partial charge < -0.3 is 10.0 Å². The Kier molecular flexibility index (Phi) is 4.92. The molecule has 0 bridgehead atoms. The van der Waals surface area contributed by atoms with Gasteiger partial charge in [0.15, 0.2) is 0 Å². The number of anilines is 1. The lowest BCUT2D eigenvalue weighted by Gasteiger charge is -2.41. The second kappa shape index (κ2) is 6.49. The smallest absolute Gasteiger partial charge is 0.323 e. The highest BCUT2D eigenvalue weighted by Gasteiger charge is 2.31. The molecule has 2 rings (SSSR count). The number of nitrogens with zero attached hydrogens (tertiary/aromatic N) is 1. The number of carboxylic acids is 1. The predicted octanol–water partition coefficient (Wildman–Crippen LogP) is 4.06. The molecule has 1 aromatic carbocycles.